The fourth-order valence-corrected chi connectivity index (χ4v) is 3.35. The molecular formula is C14H13N5O2S. The van der Waals surface area contributed by atoms with E-state index in [0.29, 0.717) is 25.5 Å². The van der Waals surface area contributed by atoms with Crippen LogP contribution in [0.4, 0.5) is 4.79 Å². The normalized spacial score (nSPS) is 14.8. The minimum atomic E-state index is -0.303. The van der Waals surface area contributed by atoms with E-state index in [4.69, 9.17) is 4.74 Å². The average Bonchev–Trinajstić information content (AvgIpc) is 3.19. The minimum Gasteiger partial charge on any atom is -0.448 e. The topological polar surface area (TPSA) is 73.1 Å². The number of fused-ring (bicyclic) bond motifs is 1. The number of aryl methyl sites for hydroxylation is 1. The Labute approximate surface area is 130 Å². The molecule has 4 rings (SSSR count). The van der Waals surface area contributed by atoms with E-state index >= 15 is 0 Å². The monoisotopic (exact) mass is 315 g/mol. The number of benzene rings is 1. The van der Waals surface area contributed by atoms with Crippen molar-refractivity contribution in [2.24, 2.45) is 0 Å². The van der Waals surface area contributed by atoms with Gasteiger partial charge in [0.15, 0.2) is 5.82 Å². The zero-order valence-electron chi connectivity index (χ0n) is 11.9. The highest BCUT2D eigenvalue weighted by Crippen LogP contribution is 2.24. The van der Waals surface area contributed by atoms with Gasteiger partial charge in [-0.2, -0.15) is 5.10 Å². The summed E-state index contributed by atoms with van der Waals surface area (Å²) in [4.78, 5) is 21.9. The lowest BCUT2D eigenvalue weighted by Gasteiger charge is -2.12. The standard InChI is InChI=1S/C14H13N5O2S/c1-9-17-11-3-2-10(6-12(11)22-9)19-13(15-8-16-19)7-18-4-5-21-14(18)20/h2-3,6,8H,4-5,7H2,1H3. The highest BCUT2D eigenvalue weighted by atomic mass is 32.1. The molecule has 0 saturated carbocycles. The molecule has 0 N–H and O–H groups in total. The maximum Gasteiger partial charge on any atom is 0.410 e. The molecule has 0 aliphatic carbocycles. The van der Waals surface area contributed by atoms with Crippen molar-refractivity contribution in [1.82, 2.24) is 24.6 Å². The second-order valence-corrected chi connectivity index (χ2v) is 6.24. The summed E-state index contributed by atoms with van der Waals surface area (Å²) < 4.78 is 7.80. The van der Waals surface area contributed by atoms with Gasteiger partial charge in [-0.25, -0.2) is 19.4 Å². The second kappa shape index (κ2) is 5.06. The lowest BCUT2D eigenvalue weighted by molar-refractivity contribution is 0.156. The molecule has 0 spiro atoms. The van der Waals surface area contributed by atoms with Crippen molar-refractivity contribution in [3.8, 4) is 5.69 Å². The van der Waals surface area contributed by atoms with E-state index < -0.39 is 0 Å². The number of rotatable bonds is 3. The summed E-state index contributed by atoms with van der Waals surface area (Å²) in [7, 11) is 0. The lowest BCUT2D eigenvalue weighted by Crippen LogP contribution is -2.25. The number of hydrogen-bond acceptors (Lipinski definition) is 6. The van der Waals surface area contributed by atoms with E-state index in [9.17, 15) is 4.79 Å². The van der Waals surface area contributed by atoms with Gasteiger partial charge in [0.2, 0.25) is 0 Å². The van der Waals surface area contributed by atoms with Crippen molar-refractivity contribution in [3.63, 3.8) is 0 Å². The van der Waals surface area contributed by atoms with Crippen LogP contribution in [0.2, 0.25) is 0 Å². The summed E-state index contributed by atoms with van der Waals surface area (Å²) in [6.07, 6.45) is 1.20. The highest BCUT2D eigenvalue weighted by Gasteiger charge is 2.24. The Bertz CT molecular complexity index is 856. The van der Waals surface area contributed by atoms with Crippen molar-refractivity contribution in [2.45, 2.75) is 13.5 Å². The van der Waals surface area contributed by atoms with Gasteiger partial charge in [0.1, 0.15) is 12.9 Å². The van der Waals surface area contributed by atoms with Crippen molar-refractivity contribution in [1.29, 1.82) is 0 Å². The predicted molar refractivity (Wildman–Crippen MR) is 81.0 cm³/mol. The molecule has 1 fully saturated rings. The Morgan fingerprint density at radius 1 is 1.41 bits per heavy atom. The zero-order valence-corrected chi connectivity index (χ0v) is 12.7. The van der Waals surface area contributed by atoms with Gasteiger partial charge in [0.25, 0.3) is 0 Å². The largest absolute Gasteiger partial charge is 0.448 e. The van der Waals surface area contributed by atoms with Gasteiger partial charge in [-0.05, 0) is 25.1 Å². The molecule has 8 heteroatoms. The van der Waals surface area contributed by atoms with Gasteiger partial charge >= 0.3 is 6.09 Å². The molecule has 1 aliphatic heterocycles. The van der Waals surface area contributed by atoms with Crippen LogP contribution >= 0.6 is 11.3 Å². The number of ether oxygens (including phenoxy) is 1. The van der Waals surface area contributed by atoms with Crippen LogP contribution in [0.1, 0.15) is 10.8 Å². The number of nitrogens with zero attached hydrogens (tertiary/aromatic N) is 5. The van der Waals surface area contributed by atoms with Crippen LogP contribution < -0.4 is 0 Å². The van der Waals surface area contributed by atoms with E-state index in [2.05, 4.69) is 15.1 Å². The third kappa shape index (κ3) is 2.21. The molecule has 22 heavy (non-hydrogen) atoms. The van der Waals surface area contributed by atoms with Crippen molar-refractivity contribution in [3.05, 3.63) is 35.4 Å². The van der Waals surface area contributed by atoms with Crippen LogP contribution in [0.3, 0.4) is 0 Å². The summed E-state index contributed by atoms with van der Waals surface area (Å²) in [6, 6.07) is 5.98. The molecular weight excluding hydrogens is 302 g/mol. The Morgan fingerprint density at radius 2 is 2.32 bits per heavy atom. The average molecular weight is 315 g/mol. The molecule has 0 unspecified atom stereocenters. The molecule has 0 radical (unpaired) electrons. The molecule has 2 aromatic heterocycles. The number of hydrogen-bond donors (Lipinski definition) is 0. The fraction of sp³-hybridized carbons (Fsp3) is 0.286. The molecule has 112 valence electrons. The molecule has 0 atom stereocenters. The number of amides is 1. The Balaban J connectivity index is 1.69. The highest BCUT2D eigenvalue weighted by molar-refractivity contribution is 7.18. The van der Waals surface area contributed by atoms with Gasteiger partial charge in [-0.3, -0.25) is 4.90 Å². The summed E-state index contributed by atoms with van der Waals surface area (Å²) >= 11 is 1.65. The molecule has 3 aromatic rings. The number of thiazole rings is 1. The van der Waals surface area contributed by atoms with E-state index in [-0.39, 0.29) is 6.09 Å². The molecule has 1 saturated heterocycles. The first-order valence-electron chi connectivity index (χ1n) is 6.89. The Hall–Kier alpha value is -2.48. The van der Waals surface area contributed by atoms with Crippen LogP contribution in [-0.2, 0) is 11.3 Å². The van der Waals surface area contributed by atoms with Gasteiger partial charge in [-0.1, -0.05) is 0 Å². The molecule has 3 heterocycles. The first-order valence-corrected chi connectivity index (χ1v) is 7.70. The SMILES string of the molecule is Cc1nc2ccc(-n3ncnc3CN3CCOC3=O)cc2s1. The predicted octanol–water partition coefficient (Wildman–Crippen LogP) is 2.14. The maximum atomic E-state index is 11.6. The van der Waals surface area contributed by atoms with Crippen LogP contribution in [0.15, 0.2) is 24.5 Å². The van der Waals surface area contributed by atoms with Crippen LogP contribution in [0.5, 0.6) is 0 Å². The first kappa shape index (κ1) is 13.2. The lowest BCUT2D eigenvalue weighted by atomic mass is 10.3. The van der Waals surface area contributed by atoms with Crippen molar-refractivity contribution < 1.29 is 9.53 Å². The summed E-state index contributed by atoms with van der Waals surface area (Å²) in [5.74, 6) is 0.708. The van der Waals surface area contributed by atoms with E-state index in [1.165, 1.54) is 6.33 Å². The second-order valence-electron chi connectivity index (χ2n) is 5.01. The summed E-state index contributed by atoms with van der Waals surface area (Å²) in [5, 5.41) is 5.31. The third-order valence-corrected chi connectivity index (χ3v) is 4.45. The number of carbonyl (C=O) groups is 1. The summed E-state index contributed by atoms with van der Waals surface area (Å²) in [6.45, 7) is 3.39. The van der Waals surface area contributed by atoms with Crippen LogP contribution in [0, 0.1) is 6.92 Å². The van der Waals surface area contributed by atoms with Crippen LogP contribution in [-0.4, -0.2) is 43.9 Å². The Kier molecular flexibility index (Phi) is 3.04. The van der Waals surface area contributed by atoms with E-state index in [1.54, 1.807) is 20.9 Å². The molecule has 1 aromatic carbocycles. The fourth-order valence-electron chi connectivity index (χ4n) is 2.49. The van der Waals surface area contributed by atoms with Crippen molar-refractivity contribution in [2.75, 3.05) is 13.2 Å². The molecule has 1 aliphatic rings. The maximum absolute atomic E-state index is 11.6. The van der Waals surface area contributed by atoms with E-state index in [1.807, 2.05) is 25.1 Å². The van der Waals surface area contributed by atoms with E-state index in [0.717, 1.165) is 20.9 Å². The minimum absolute atomic E-state index is 0.303. The molecule has 7 nitrogen and oxygen atoms in total. The first-order chi connectivity index (χ1) is 10.7. The number of carbonyl (C=O) groups excluding carboxylic acids is 1. The number of cyclic esters (lactones) is 1. The van der Waals surface area contributed by atoms with Gasteiger partial charge in [-0.15, -0.1) is 11.3 Å². The van der Waals surface area contributed by atoms with Gasteiger partial charge in [0.05, 0.1) is 34.0 Å². The van der Waals surface area contributed by atoms with Crippen molar-refractivity contribution >= 4 is 27.6 Å². The third-order valence-electron chi connectivity index (χ3n) is 3.52. The van der Waals surface area contributed by atoms with Gasteiger partial charge < -0.3 is 4.74 Å². The summed E-state index contributed by atoms with van der Waals surface area (Å²) in [5.41, 5.74) is 1.90. The molecule has 0 bridgehead atoms. The van der Waals surface area contributed by atoms with Crippen LogP contribution in [0.25, 0.3) is 15.9 Å². The Morgan fingerprint density at radius 3 is 3.14 bits per heavy atom. The van der Waals surface area contributed by atoms with Gasteiger partial charge in [0, 0.05) is 0 Å². The smallest absolute Gasteiger partial charge is 0.410 e. The quantitative estimate of drug-likeness (QED) is 0.740. The zero-order chi connectivity index (χ0) is 15.1. The molecule has 1 amide bonds. The number of aromatic nitrogens is 4.